The van der Waals surface area contributed by atoms with Gasteiger partial charge in [0.05, 0.1) is 26.3 Å². The van der Waals surface area contributed by atoms with Crippen molar-refractivity contribution in [3.8, 4) is 0 Å². The van der Waals surface area contributed by atoms with E-state index in [9.17, 15) is 13.2 Å². The van der Waals surface area contributed by atoms with Crippen molar-refractivity contribution in [3.63, 3.8) is 0 Å². The van der Waals surface area contributed by atoms with E-state index in [0.717, 1.165) is 0 Å². The number of nitrogens with zero attached hydrogens (tertiary/aromatic N) is 1. The summed E-state index contributed by atoms with van der Waals surface area (Å²) < 4.78 is 27.7. The van der Waals surface area contributed by atoms with Gasteiger partial charge in [0.15, 0.2) is 0 Å². The fourth-order valence-corrected chi connectivity index (χ4v) is 4.74. The summed E-state index contributed by atoms with van der Waals surface area (Å²) in [7, 11) is -3.72. The highest BCUT2D eigenvalue weighted by Gasteiger charge is 2.29. The first-order valence-corrected chi connectivity index (χ1v) is 10.8. The highest BCUT2D eigenvalue weighted by atomic mass is 35.5. The van der Waals surface area contributed by atoms with Gasteiger partial charge in [-0.2, -0.15) is 0 Å². The van der Waals surface area contributed by atoms with Crippen LogP contribution in [0.4, 0.5) is 21.9 Å². The predicted octanol–water partition coefficient (Wildman–Crippen LogP) is 5.16. The number of para-hydroxylation sites is 1. The molecule has 1 aliphatic heterocycles. The van der Waals surface area contributed by atoms with E-state index < -0.39 is 10.0 Å². The van der Waals surface area contributed by atoms with Gasteiger partial charge in [0.25, 0.3) is 10.0 Å². The minimum Gasteiger partial charge on any atom is -0.333 e. The number of carbonyl (C=O) groups is 1. The van der Waals surface area contributed by atoms with E-state index in [4.69, 9.17) is 23.2 Å². The van der Waals surface area contributed by atoms with Crippen LogP contribution in [-0.4, -0.2) is 14.4 Å². The minimum absolute atomic E-state index is 0.162. The number of carbonyl (C=O) groups excluding carboxylic acids is 1. The molecule has 0 unspecified atom stereocenters. The minimum atomic E-state index is -3.72. The molecule has 0 spiro atoms. The predicted molar refractivity (Wildman–Crippen MR) is 115 cm³/mol. The van der Waals surface area contributed by atoms with Gasteiger partial charge in [0, 0.05) is 12.2 Å². The molecular weight excluding hydrogens is 433 g/mol. The summed E-state index contributed by atoms with van der Waals surface area (Å²) in [6.07, 6.45) is 0. The van der Waals surface area contributed by atoms with Crippen LogP contribution >= 0.6 is 23.2 Å². The van der Waals surface area contributed by atoms with Crippen LogP contribution in [0.1, 0.15) is 5.56 Å². The monoisotopic (exact) mass is 447 g/mol. The van der Waals surface area contributed by atoms with Crippen LogP contribution in [0.2, 0.25) is 10.0 Å². The Kier molecular flexibility index (Phi) is 5.12. The molecule has 9 heteroatoms. The number of sulfonamides is 1. The molecule has 3 aromatic carbocycles. The van der Waals surface area contributed by atoms with Crippen LogP contribution < -0.4 is 14.9 Å². The van der Waals surface area contributed by atoms with Gasteiger partial charge >= 0.3 is 6.03 Å². The number of anilines is 3. The molecule has 29 heavy (non-hydrogen) atoms. The lowest BCUT2D eigenvalue weighted by molar-refractivity contribution is 0.247. The summed E-state index contributed by atoms with van der Waals surface area (Å²) in [6, 6.07) is 17.6. The van der Waals surface area contributed by atoms with Crippen LogP contribution in [0.25, 0.3) is 0 Å². The number of hydrogen-bond acceptors (Lipinski definition) is 3. The van der Waals surface area contributed by atoms with Gasteiger partial charge in [-0.25, -0.2) is 13.2 Å². The van der Waals surface area contributed by atoms with E-state index in [2.05, 4.69) is 10.0 Å². The molecule has 1 aliphatic rings. The van der Waals surface area contributed by atoms with Gasteiger partial charge in [0.1, 0.15) is 0 Å². The zero-order valence-electron chi connectivity index (χ0n) is 14.9. The summed E-state index contributed by atoms with van der Waals surface area (Å²) in [5, 5.41) is 3.41. The second-order valence-electron chi connectivity index (χ2n) is 6.33. The highest BCUT2D eigenvalue weighted by Crippen LogP contribution is 2.41. The van der Waals surface area contributed by atoms with Crippen LogP contribution in [-0.2, 0) is 16.6 Å². The Labute approximate surface area is 178 Å². The fraction of sp³-hybridized carbons (Fsp3) is 0.0500. The quantitative estimate of drug-likeness (QED) is 0.579. The van der Waals surface area contributed by atoms with Crippen molar-refractivity contribution < 1.29 is 13.2 Å². The molecule has 148 valence electrons. The Balaban J connectivity index is 1.72. The van der Waals surface area contributed by atoms with Crippen molar-refractivity contribution in [2.24, 2.45) is 0 Å². The molecule has 2 amide bonds. The van der Waals surface area contributed by atoms with Gasteiger partial charge in [-0.3, -0.25) is 9.62 Å². The molecule has 2 N–H and O–H groups in total. The van der Waals surface area contributed by atoms with E-state index in [1.807, 2.05) is 0 Å². The van der Waals surface area contributed by atoms with Crippen LogP contribution in [0.3, 0.4) is 0 Å². The number of hydrogen-bond donors (Lipinski definition) is 2. The normalized spacial score (nSPS) is 13.6. The average Bonchev–Trinajstić information content (AvgIpc) is 2.70. The maximum Gasteiger partial charge on any atom is 0.326 e. The van der Waals surface area contributed by atoms with Crippen LogP contribution in [0.15, 0.2) is 71.6 Å². The molecular formula is C20H15Cl2N3O3S. The largest absolute Gasteiger partial charge is 0.333 e. The van der Waals surface area contributed by atoms with Gasteiger partial charge in [-0.15, -0.1) is 0 Å². The standard InChI is InChI=1S/C20H15Cl2N3O3S/c21-16-7-4-8-17(22)19(16)25-18-10-9-14(11-13(18)12-23-20(25)26)24-29(27,28)15-5-2-1-3-6-15/h1-11,24H,12H2,(H,23,26). The summed E-state index contributed by atoms with van der Waals surface area (Å²) in [5.74, 6) is 0. The third-order valence-electron chi connectivity index (χ3n) is 4.42. The lowest BCUT2D eigenvalue weighted by Crippen LogP contribution is -2.41. The zero-order valence-corrected chi connectivity index (χ0v) is 17.2. The summed E-state index contributed by atoms with van der Waals surface area (Å²) in [5.41, 5.74) is 2.04. The molecule has 3 aromatic rings. The van der Waals surface area contributed by atoms with E-state index >= 15 is 0 Å². The topological polar surface area (TPSA) is 78.5 Å². The molecule has 0 aliphatic carbocycles. The Bertz CT molecular complexity index is 1180. The van der Waals surface area contributed by atoms with Crippen LogP contribution in [0.5, 0.6) is 0 Å². The second-order valence-corrected chi connectivity index (χ2v) is 8.82. The average molecular weight is 448 g/mol. The summed E-state index contributed by atoms with van der Waals surface area (Å²) in [6.45, 7) is 0.244. The highest BCUT2D eigenvalue weighted by molar-refractivity contribution is 7.92. The molecule has 4 rings (SSSR count). The van der Waals surface area contributed by atoms with Crippen molar-refractivity contribution in [2.45, 2.75) is 11.4 Å². The number of amides is 2. The number of benzene rings is 3. The van der Waals surface area contributed by atoms with Gasteiger partial charge in [0.2, 0.25) is 0 Å². The molecule has 0 aromatic heterocycles. The first kappa shape index (κ1) is 19.6. The summed E-state index contributed by atoms with van der Waals surface area (Å²) >= 11 is 12.6. The van der Waals surface area contributed by atoms with Crippen molar-refractivity contribution in [1.82, 2.24) is 5.32 Å². The smallest absolute Gasteiger partial charge is 0.326 e. The number of fused-ring (bicyclic) bond motifs is 1. The van der Waals surface area contributed by atoms with E-state index in [1.165, 1.54) is 17.0 Å². The lowest BCUT2D eigenvalue weighted by atomic mass is 10.1. The summed E-state index contributed by atoms with van der Waals surface area (Å²) in [4.78, 5) is 14.1. The SMILES string of the molecule is O=C1NCc2cc(NS(=O)(=O)c3ccccc3)ccc2N1c1c(Cl)cccc1Cl. The first-order chi connectivity index (χ1) is 13.9. The van der Waals surface area contributed by atoms with Gasteiger partial charge in [-0.1, -0.05) is 47.5 Å². The molecule has 0 fully saturated rings. The molecule has 0 radical (unpaired) electrons. The third kappa shape index (κ3) is 3.76. The fourth-order valence-electron chi connectivity index (χ4n) is 3.11. The molecule has 1 heterocycles. The lowest BCUT2D eigenvalue weighted by Gasteiger charge is -2.31. The molecule has 0 atom stereocenters. The number of urea groups is 1. The molecule has 0 bridgehead atoms. The van der Waals surface area contributed by atoms with E-state index in [-0.39, 0.29) is 17.5 Å². The first-order valence-electron chi connectivity index (χ1n) is 8.59. The second kappa shape index (κ2) is 7.59. The van der Waals surface area contributed by atoms with Crippen molar-refractivity contribution in [2.75, 3.05) is 9.62 Å². The number of halogens is 2. The van der Waals surface area contributed by atoms with Gasteiger partial charge in [-0.05, 0) is 48.0 Å². The van der Waals surface area contributed by atoms with E-state index in [0.29, 0.717) is 32.7 Å². The Morgan fingerprint density at radius 3 is 2.31 bits per heavy atom. The van der Waals surface area contributed by atoms with Crippen molar-refractivity contribution >= 4 is 56.3 Å². The Hall–Kier alpha value is -2.74. The third-order valence-corrected chi connectivity index (χ3v) is 6.43. The maximum absolute atomic E-state index is 12.6. The van der Waals surface area contributed by atoms with Crippen molar-refractivity contribution in [1.29, 1.82) is 0 Å². The molecule has 0 saturated heterocycles. The zero-order chi connectivity index (χ0) is 20.6. The van der Waals surface area contributed by atoms with E-state index in [1.54, 1.807) is 54.6 Å². The van der Waals surface area contributed by atoms with Gasteiger partial charge < -0.3 is 5.32 Å². The number of nitrogens with one attached hydrogen (secondary N) is 2. The Morgan fingerprint density at radius 2 is 1.62 bits per heavy atom. The Morgan fingerprint density at radius 1 is 0.931 bits per heavy atom. The van der Waals surface area contributed by atoms with Crippen molar-refractivity contribution in [3.05, 3.63) is 82.3 Å². The van der Waals surface area contributed by atoms with Crippen LogP contribution in [0, 0.1) is 0 Å². The molecule has 0 saturated carbocycles. The maximum atomic E-state index is 12.6. The molecule has 6 nitrogen and oxygen atoms in total. The number of rotatable bonds is 4.